The van der Waals surface area contributed by atoms with Gasteiger partial charge in [0.05, 0.1) is 5.60 Å². The summed E-state index contributed by atoms with van der Waals surface area (Å²) in [7, 11) is 0. The summed E-state index contributed by atoms with van der Waals surface area (Å²) in [5.74, 6) is 0.420. The van der Waals surface area contributed by atoms with E-state index in [0.717, 1.165) is 31.2 Å². The molecule has 0 aliphatic heterocycles. The van der Waals surface area contributed by atoms with Gasteiger partial charge in [0.2, 0.25) is 0 Å². The normalized spacial score (nSPS) is 28.3. The van der Waals surface area contributed by atoms with Crippen molar-refractivity contribution in [2.75, 3.05) is 6.54 Å². The first kappa shape index (κ1) is 15.5. The standard InChI is InChI=1S/C17H26FNO/c1-13-5-4-8-17(20,11-13)12-19-14(2)9-15-6-3-7-16(18)10-15/h3,6-7,10,13-14,19-20H,4-5,8-9,11-12H2,1-2H3. The Kier molecular flexibility index (Phi) is 5.17. The molecule has 1 fully saturated rings. The minimum Gasteiger partial charge on any atom is -0.389 e. The Morgan fingerprint density at radius 1 is 1.50 bits per heavy atom. The lowest BCUT2D eigenvalue weighted by Gasteiger charge is -2.36. The van der Waals surface area contributed by atoms with Crippen LogP contribution in [-0.2, 0) is 6.42 Å². The van der Waals surface area contributed by atoms with Crippen LogP contribution in [0.3, 0.4) is 0 Å². The Labute approximate surface area is 121 Å². The maximum atomic E-state index is 13.1. The van der Waals surface area contributed by atoms with E-state index < -0.39 is 5.60 Å². The quantitative estimate of drug-likeness (QED) is 0.867. The highest BCUT2D eigenvalue weighted by Gasteiger charge is 2.32. The lowest BCUT2D eigenvalue weighted by Crippen LogP contribution is -2.46. The van der Waals surface area contributed by atoms with Crippen LogP contribution in [0.15, 0.2) is 24.3 Å². The van der Waals surface area contributed by atoms with Crippen molar-refractivity contribution in [2.24, 2.45) is 5.92 Å². The highest BCUT2D eigenvalue weighted by atomic mass is 19.1. The summed E-state index contributed by atoms with van der Waals surface area (Å²) in [4.78, 5) is 0. The molecule has 20 heavy (non-hydrogen) atoms. The van der Waals surface area contributed by atoms with Crippen LogP contribution in [0.25, 0.3) is 0 Å². The maximum Gasteiger partial charge on any atom is 0.123 e. The molecule has 0 bridgehead atoms. The van der Waals surface area contributed by atoms with Crippen LogP contribution in [0.4, 0.5) is 4.39 Å². The molecule has 1 aliphatic rings. The molecule has 0 saturated heterocycles. The molecule has 3 atom stereocenters. The van der Waals surface area contributed by atoms with Crippen molar-refractivity contribution in [3.63, 3.8) is 0 Å². The van der Waals surface area contributed by atoms with Crippen LogP contribution in [-0.4, -0.2) is 23.3 Å². The van der Waals surface area contributed by atoms with Gasteiger partial charge in [-0.3, -0.25) is 0 Å². The Balaban J connectivity index is 1.81. The van der Waals surface area contributed by atoms with Crippen molar-refractivity contribution in [2.45, 2.75) is 57.6 Å². The Hall–Kier alpha value is -0.930. The van der Waals surface area contributed by atoms with Crippen LogP contribution < -0.4 is 5.32 Å². The van der Waals surface area contributed by atoms with Crippen LogP contribution in [0.2, 0.25) is 0 Å². The van der Waals surface area contributed by atoms with Gasteiger partial charge in [-0.05, 0) is 49.8 Å². The van der Waals surface area contributed by atoms with Crippen molar-refractivity contribution in [1.82, 2.24) is 5.32 Å². The summed E-state index contributed by atoms with van der Waals surface area (Å²) < 4.78 is 13.1. The zero-order valence-electron chi connectivity index (χ0n) is 12.5. The van der Waals surface area contributed by atoms with E-state index >= 15 is 0 Å². The second-order valence-corrected chi connectivity index (χ2v) is 6.54. The van der Waals surface area contributed by atoms with Crippen LogP contribution in [0.1, 0.15) is 45.1 Å². The monoisotopic (exact) mass is 279 g/mol. The molecular formula is C17H26FNO. The lowest BCUT2D eigenvalue weighted by atomic mass is 9.79. The molecule has 3 heteroatoms. The molecule has 0 aromatic heterocycles. The largest absolute Gasteiger partial charge is 0.389 e. The Morgan fingerprint density at radius 2 is 2.30 bits per heavy atom. The molecular weight excluding hydrogens is 253 g/mol. The highest BCUT2D eigenvalue weighted by Crippen LogP contribution is 2.31. The summed E-state index contributed by atoms with van der Waals surface area (Å²) in [6.07, 6.45) is 4.88. The number of nitrogens with one attached hydrogen (secondary N) is 1. The predicted molar refractivity (Wildman–Crippen MR) is 80.2 cm³/mol. The summed E-state index contributed by atoms with van der Waals surface area (Å²) in [6.45, 7) is 4.93. The van der Waals surface area contributed by atoms with E-state index in [4.69, 9.17) is 0 Å². The van der Waals surface area contributed by atoms with Gasteiger partial charge in [0, 0.05) is 12.6 Å². The van der Waals surface area contributed by atoms with E-state index in [1.54, 1.807) is 12.1 Å². The molecule has 1 aromatic carbocycles. The fourth-order valence-electron chi connectivity index (χ4n) is 3.25. The smallest absolute Gasteiger partial charge is 0.123 e. The van der Waals surface area contributed by atoms with Gasteiger partial charge in [-0.25, -0.2) is 4.39 Å². The van der Waals surface area contributed by atoms with Crippen LogP contribution in [0, 0.1) is 11.7 Å². The fourth-order valence-corrected chi connectivity index (χ4v) is 3.25. The van der Waals surface area contributed by atoms with Crippen molar-refractivity contribution in [1.29, 1.82) is 0 Å². The molecule has 2 nitrogen and oxygen atoms in total. The molecule has 2 N–H and O–H groups in total. The fraction of sp³-hybridized carbons (Fsp3) is 0.647. The minimum atomic E-state index is -0.562. The number of benzene rings is 1. The predicted octanol–water partition coefficient (Wildman–Crippen LogP) is 3.29. The number of rotatable bonds is 5. The average Bonchev–Trinajstić information content (AvgIpc) is 2.36. The Bertz CT molecular complexity index is 437. The van der Waals surface area contributed by atoms with Gasteiger partial charge < -0.3 is 10.4 Å². The molecule has 112 valence electrons. The van der Waals surface area contributed by atoms with Crippen molar-refractivity contribution in [3.05, 3.63) is 35.6 Å². The molecule has 1 aromatic rings. The first-order valence-electron chi connectivity index (χ1n) is 7.67. The number of halogens is 1. The molecule has 0 heterocycles. The van der Waals surface area contributed by atoms with E-state index in [9.17, 15) is 9.50 Å². The van der Waals surface area contributed by atoms with Gasteiger partial charge in [0.15, 0.2) is 0 Å². The first-order valence-corrected chi connectivity index (χ1v) is 7.67. The van der Waals surface area contributed by atoms with E-state index in [-0.39, 0.29) is 11.9 Å². The molecule has 0 amide bonds. The summed E-state index contributed by atoms with van der Waals surface area (Å²) in [6, 6.07) is 6.97. The number of hydrogen-bond acceptors (Lipinski definition) is 2. The Morgan fingerprint density at radius 3 is 3.00 bits per heavy atom. The molecule has 0 radical (unpaired) electrons. The van der Waals surface area contributed by atoms with Crippen molar-refractivity contribution < 1.29 is 9.50 Å². The second-order valence-electron chi connectivity index (χ2n) is 6.54. The highest BCUT2D eigenvalue weighted by molar-refractivity contribution is 5.17. The molecule has 1 aliphatic carbocycles. The van der Waals surface area contributed by atoms with E-state index in [1.165, 1.54) is 12.5 Å². The zero-order valence-corrected chi connectivity index (χ0v) is 12.5. The number of hydrogen-bond donors (Lipinski definition) is 2. The van der Waals surface area contributed by atoms with Gasteiger partial charge in [-0.2, -0.15) is 0 Å². The van der Waals surface area contributed by atoms with E-state index in [1.807, 2.05) is 6.07 Å². The third kappa shape index (κ3) is 4.57. The zero-order chi connectivity index (χ0) is 14.6. The number of aliphatic hydroxyl groups is 1. The third-order valence-corrected chi connectivity index (χ3v) is 4.28. The van der Waals surface area contributed by atoms with Gasteiger partial charge in [-0.15, -0.1) is 0 Å². The second kappa shape index (κ2) is 6.68. The van der Waals surface area contributed by atoms with Crippen LogP contribution >= 0.6 is 0 Å². The first-order chi connectivity index (χ1) is 9.47. The molecule has 0 spiro atoms. The lowest BCUT2D eigenvalue weighted by molar-refractivity contribution is -0.0133. The summed E-state index contributed by atoms with van der Waals surface area (Å²) >= 11 is 0. The summed E-state index contributed by atoms with van der Waals surface area (Å²) in [5.41, 5.74) is 0.433. The third-order valence-electron chi connectivity index (χ3n) is 4.28. The van der Waals surface area contributed by atoms with E-state index in [0.29, 0.717) is 12.5 Å². The minimum absolute atomic E-state index is 0.186. The van der Waals surface area contributed by atoms with Gasteiger partial charge in [-0.1, -0.05) is 31.9 Å². The summed E-state index contributed by atoms with van der Waals surface area (Å²) in [5, 5.41) is 14.0. The SMILES string of the molecule is CC1CCCC(O)(CNC(C)Cc2cccc(F)c2)C1. The molecule has 2 rings (SSSR count). The van der Waals surface area contributed by atoms with Crippen molar-refractivity contribution >= 4 is 0 Å². The van der Waals surface area contributed by atoms with Gasteiger partial charge >= 0.3 is 0 Å². The van der Waals surface area contributed by atoms with E-state index in [2.05, 4.69) is 19.2 Å². The average molecular weight is 279 g/mol. The molecule has 1 saturated carbocycles. The van der Waals surface area contributed by atoms with Crippen molar-refractivity contribution in [3.8, 4) is 0 Å². The molecule has 3 unspecified atom stereocenters. The topological polar surface area (TPSA) is 32.3 Å². The van der Waals surface area contributed by atoms with Crippen LogP contribution in [0.5, 0.6) is 0 Å². The van der Waals surface area contributed by atoms with Gasteiger partial charge in [0.25, 0.3) is 0 Å². The maximum absolute atomic E-state index is 13.1. The van der Waals surface area contributed by atoms with Gasteiger partial charge in [0.1, 0.15) is 5.82 Å².